The Labute approximate surface area is 250 Å². The number of nitrogens with one attached hydrogen (secondary N) is 1. The maximum Gasteiger partial charge on any atom is 0.411 e. The van der Waals surface area contributed by atoms with E-state index in [1.165, 1.54) is 4.90 Å². The zero-order valence-corrected chi connectivity index (χ0v) is 25.8. The summed E-state index contributed by atoms with van der Waals surface area (Å²) in [5, 5.41) is 37.2. The molecule has 0 radical (unpaired) electrons. The number of fused-ring (bicyclic) bond motifs is 1. The highest BCUT2D eigenvalue weighted by atomic mass is 35.5. The Kier molecular flexibility index (Phi) is 12.3. The number of hydrogen-bond acceptors (Lipinski definition) is 10. The summed E-state index contributed by atoms with van der Waals surface area (Å²) in [5.41, 5.74) is 6.92. The molecule has 0 aliphatic carbocycles. The molecular weight excluding hydrogens is 578 g/mol. The fraction of sp³-hybridized carbons (Fsp3) is 0.923. The Balaban J connectivity index is 1.84. The van der Waals surface area contributed by atoms with Crippen LogP contribution in [0.3, 0.4) is 0 Å². The lowest BCUT2D eigenvalue weighted by molar-refractivity contribution is -0.205. The molecule has 3 aliphatic rings. The molecule has 3 fully saturated rings. The maximum absolute atomic E-state index is 14.0. The number of aliphatic hydroxyl groups is 3. The predicted octanol–water partition coefficient (Wildman–Crippen LogP) is 2.39. The molecule has 41 heavy (non-hydrogen) atoms. The first-order valence-electron chi connectivity index (χ1n) is 14.1. The zero-order chi connectivity index (χ0) is 30.5. The monoisotopic (exact) mass is 621 g/mol. The number of carbonyl (C=O) groups excluding carboxylic acids is 2. The van der Waals surface area contributed by atoms with Crippen LogP contribution in [0.2, 0.25) is 0 Å². The Morgan fingerprint density at radius 1 is 1.27 bits per heavy atom. The summed E-state index contributed by atoms with van der Waals surface area (Å²) in [6.45, 7) is 7.94. The third-order valence-corrected chi connectivity index (χ3v) is 8.97. The average Bonchev–Trinajstić information content (AvgIpc) is 3.14. The second kappa shape index (κ2) is 14.8. The molecule has 0 aromatic heterocycles. The van der Waals surface area contributed by atoms with Crippen LogP contribution < -0.4 is 5.32 Å². The van der Waals surface area contributed by atoms with Crippen molar-refractivity contribution in [3.8, 4) is 0 Å². The Morgan fingerprint density at radius 2 is 1.98 bits per heavy atom. The van der Waals surface area contributed by atoms with Crippen LogP contribution in [0.4, 0.5) is 4.79 Å². The molecule has 234 valence electrons. The smallest absolute Gasteiger partial charge is 0.411 e. The van der Waals surface area contributed by atoms with Gasteiger partial charge in [-0.05, 0) is 64.7 Å². The summed E-state index contributed by atoms with van der Waals surface area (Å²) in [6, 6.07) is -1.99. The number of halogens is 1. The van der Waals surface area contributed by atoms with Gasteiger partial charge in [0, 0.05) is 30.5 Å². The topological polar surface area (TPSA) is 187 Å². The average molecular weight is 622 g/mol. The van der Waals surface area contributed by atoms with E-state index >= 15 is 0 Å². The number of carbonyl (C=O) groups is 2. The number of thioether (sulfide) groups is 1. The molecule has 0 spiro atoms. The molecule has 3 heterocycles. The fourth-order valence-corrected chi connectivity index (χ4v) is 6.77. The van der Waals surface area contributed by atoms with Crippen molar-refractivity contribution in [3.63, 3.8) is 0 Å². The molecule has 15 heteroatoms. The van der Waals surface area contributed by atoms with Crippen molar-refractivity contribution >= 4 is 35.4 Å². The van der Waals surface area contributed by atoms with E-state index < -0.39 is 71.0 Å². The van der Waals surface area contributed by atoms with Gasteiger partial charge in [0.2, 0.25) is 5.91 Å². The lowest BCUT2D eigenvalue weighted by Crippen LogP contribution is -2.65. The van der Waals surface area contributed by atoms with E-state index in [2.05, 4.69) is 15.3 Å². The van der Waals surface area contributed by atoms with E-state index in [0.717, 1.165) is 37.4 Å². The molecule has 3 rings (SSSR count). The van der Waals surface area contributed by atoms with Crippen LogP contribution in [0.15, 0.2) is 5.11 Å². The van der Waals surface area contributed by atoms with Gasteiger partial charge in [-0.3, -0.25) is 9.69 Å². The first-order valence-corrected chi connectivity index (χ1v) is 15.8. The van der Waals surface area contributed by atoms with Crippen LogP contribution in [0, 0.1) is 11.8 Å². The number of ether oxygens (including phenoxy) is 3. The molecule has 3 saturated heterocycles. The number of amides is 2. The van der Waals surface area contributed by atoms with Crippen molar-refractivity contribution in [2.24, 2.45) is 17.0 Å². The second-order valence-electron chi connectivity index (χ2n) is 12.0. The lowest BCUT2D eigenvalue weighted by Gasteiger charge is -2.44. The normalized spacial score (nSPS) is 35.4. The number of hydrogen-bond donors (Lipinski definition) is 4. The molecule has 0 bridgehead atoms. The summed E-state index contributed by atoms with van der Waals surface area (Å²) in [7, 11) is 0. The van der Waals surface area contributed by atoms with E-state index in [1.807, 2.05) is 0 Å². The van der Waals surface area contributed by atoms with Gasteiger partial charge in [0.1, 0.15) is 41.5 Å². The number of rotatable bonds is 9. The van der Waals surface area contributed by atoms with Gasteiger partial charge in [0.05, 0.1) is 17.5 Å². The summed E-state index contributed by atoms with van der Waals surface area (Å²) < 4.78 is 17.8. The molecule has 0 saturated carbocycles. The molecule has 2 amide bonds. The molecule has 11 atom stereocenters. The van der Waals surface area contributed by atoms with Crippen LogP contribution in [-0.2, 0) is 19.0 Å². The molecule has 3 aliphatic heterocycles. The van der Waals surface area contributed by atoms with Crippen LogP contribution in [-0.4, -0.2) is 117 Å². The van der Waals surface area contributed by atoms with Crippen molar-refractivity contribution in [2.45, 2.75) is 112 Å². The summed E-state index contributed by atoms with van der Waals surface area (Å²) >= 11 is 7.64. The van der Waals surface area contributed by atoms with E-state index in [0.29, 0.717) is 13.2 Å². The Bertz CT molecular complexity index is 949. The first-order chi connectivity index (χ1) is 19.3. The highest BCUT2D eigenvalue weighted by Crippen LogP contribution is 2.38. The minimum Gasteiger partial charge on any atom is -0.444 e. The zero-order valence-electron chi connectivity index (χ0n) is 24.3. The van der Waals surface area contributed by atoms with E-state index in [4.69, 9.17) is 31.3 Å². The van der Waals surface area contributed by atoms with Gasteiger partial charge < -0.3 is 34.8 Å². The van der Waals surface area contributed by atoms with Gasteiger partial charge in [-0.1, -0.05) is 11.5 Å². The van der Waals surface area contributed by atoms with E-state index in [-0.39, 0.29) is 18.4 Å². The summed E-state index contributed by atoms with van der Waals surface area (Å²) in [5.74, 6) is -0.398. The lowest BCUT2D eigenvalue weighted by atomic mass is 9.87. The minimum atomic E-state index is -1.52. The van der Waals surface area contributed by atoms with Gasteiger partial charge in [-0.2, -0.15) is 0 Å². The van der Waals surface area contributed by atoms with Crippen molar-refractivity contribution in [3.05, 3.63) is 10.4 Å². The van der Waals surface area contributed by atoms with Gasteiger partial charge in [-0.25, -0.2) is 4.79 Å². The summed E-state index contributed by atoms with van der Waals surface area (Å²) in [6.07, 6.45) is -1.93. The minimum absolute atomic E-state index is 0.133. The largest absolute Gasteiger partial charge is 0.444 e. The molecule has 2 unspecified atom stereocenters. The van der Waals surface area contributed by atoms with Crippen molar-refractivity contribution in [1.82, 2.24) is 10.2 Å². The highest BCUT2D eigenvalue weighted by molar-refractivity contribution is 7.99. The van der Waals surface area contributed by atoms with Gasteiger partial charge in [-0.15, -0.1) is 23.4 Å². The van der Waals surface area contributed by atoms with Crippen molar-refractivity contribution in [1.29, 1.82) is 0 Å². The van der Waals surface area contributed by atoms with Crippen molar-refractivity contribution in [2.75, 3.05) is 26.0 Å². The van der Waals surface area contributed by atoms with Crippen LogP contribution in [0.1, 0.15) is 53.4 Å². The second-order valence-corrected chi connectivity index (χ2v) is 13.7. The highest BCUT2D eigenvalue weighted by Gasteiger charge is 2.53. The Hall–Kier alpha value is -1.51. The molecular formula is C26H44ClN5O8S. The van der Waals surface area contributed by atoms with Crippen LogP contribution >= 0.6 is 23.4 Å². The SMILES string of the molecule is CSC1O[C@H]([C@H](NC(=O)[C@@H]2[C@@H]3OCC[C@@H](CCCN=[N+]=[N-])C[C@H]3CN2C(=O)OC(C)(C)C)[C@H](C)Cl)[C@@H](O)C(O)[C@H]1O. The standard InChI is InChI=1S/C26H44ClN5O8S/c1-13(27)16(22-19(34)18(33)20(35)24(39-22)41-5)30-23(36)17-21-15(12-32(17)25(37)40-26(2,3)4)11-14(8-10-38-21)7-6-9-29-31-28/h13-22,24,33-35H,6-12H2,1-5H3,(H,30,36)/t13-,14+,15-,16+,17-,18?,19-,20+,21+,22+,24?/m0/s1. The third-order valence-electron chi connectivity index (χ3n) is 7.84. The van der Waals surface area contributed by atoms with Gasteiger partial charge >= 0.3 is 6.09 Å². The molecule has 13 nitrogen and oxygen atoms in total. The number of nitrogens with zero attached hydrogens (tertiary/aromatic N) is 4. The number of azide groups is 1. The first kappa shape index (κ1) is 34.0. The maximum atomic E-state index is 14.0. The summed E-state index contributed by atoms with van der Waals surface area (Å²) in [4.78, 5) is 31.5. The molecule has 4 N–H and O–H groups in total. The van der Waals surface area contributed by atoms with Crippen LogP contribution in [0.5, 0.6) is 0 Å². The quantitative estimate of drug-likeness (QED) is 0.0985. The predicted molar refractivity (Wildman–Crippen MR) is 153 cm³/mol. The number of aliphatic hydroxyl groups excluding tert-OH is 3. The van der Waals surface area contributed by atoms with Gasteiger partial charge in [0.15, 0.2) is 0 Å². The number of alkyl halides is 1. The third kappa shape index (κ3) is 8.54. The van der Waals surface area contributed by atoms with E-state index in [1.54, 1.807) is 34.0 Å². The fourth-order valence-electron chi connectivity index (χ4n) is 5.89. The Morgan fingerprint density at radius 3 is 2.59 bits per heavy atom. The van der Waals surface area contributed by atoms with Gasteiger partial charge in [0.25, 0.3) is 0 Å². The number of likely N-dealkylation sites (tertiary alicyclic amines) is 1. The molecule has 0 aromatic rings. The van der Waals surface area contributed by atoms with Crippen molar-refractivity contribution < 1.29 is 39.1 Å². The molecule has 0 aromatic carbocycles. The van der Waals surface area contributed by atoms with Crippen LogP contribution in [0.25, 0.3) is 10.4 Å². The van der Waals surface area contributed by atoms with E-state index in [9.17, 15) is 24.9 Å².